The normalized spacial score (nSPS) is 27.8. The fraction of sp³-hybridized carbons (Fsp3) is 0.630. The third-order valence-corrected chi connectivity index (χ3v) is 7.71. The van der Waals surface area contributed by atoms with Gasteiger partial charge in [-0.15, -0.1) is 0 Å². The quantitative estimate of drug-likeness (QED) is 0.351. The zero-order valence-corrected chi connectivity index (χ0v) is 19.7. The molecule has 3 aliphatic rings. The minimum absolute atomic E-state index is 0.0152. The van der Waals surface area contributed by atoms with Crippen molar-refractivity contribution >= 4 is 5.57 Å². The van der Waals surface area contributed by atoms with Crippen LogP contribution in [0.2, 0.25) is 0 Å². The number of hydrogen-bond donors (Lipinski definition) is 0. The number of allylic oxidation sites excluding steroid dienone is 2. The molecule has 4 rings (SSSR count). The van der Waals surface area contributed by atoms with Crippen molar-refractivity contribution in [1.29, 1.82) is 0 Å². The minimum atomic E-state index is -4.89. The summed E-state index contributed by atoms with van der Waals surface area (Å²) in [5, 5.41) is 0. The van der Waals surface area contributed by atoms with Gasteiger partial charge in [-0.1, -0.05) is 63.7 Å². The number of halogens is 6. The molecule has 0 N–H and O–H groups in total. The lowest BCUT2D eigenvalue weighted by Gasteiger charge is -2.39. The Morgan fingerprint density at radius 1 is 0.912 bits per heavy atom. The Morgan fingerprint density at radius 2 is 1.56 bits per heavy atom. The third kappa shape index (κ3) is 4.22. The van der Waals surface area contributed by atoms with Crippen molar-refractivity contribution in [2.24, 2.45) is 11.8 Å². The molecule has 7 heteroatoms. The van der Waals surface area contributed by atoms with E-state index in [1.165, 1.54) is 24.6 Å². The molecule has 1 fully saturated rings. The Bertz CT molecular complexity index is 972. The second-order valence-corrected chi connectivity index (χ2v) is 9.84. The summed E-state index contributed by atoms with van der Waals surface area (Å²) in [5.74, 6) is -11.4. The van der Waals surface area contributed by atoms with Crippen molar-refractivity contribution in [3.8, 4) is 0 Å². The molecule has 1 saturated carbocycles. The predicted octanol–water partition coefficient (Wildman–Crippen LogP) is 8.52. The lowest BCUT2D eigenvalue weighted by atomic mass is 9.74. The Labute approximate surface area is 197 Å². The zero-order valence-electron chi connectivity index (χ0n) is 19.7. The van der Waals surface area contributed by atoms with Crippen LogP contribution in [0, 0.1) is 17.7 Å². The molecule has 0 aromatic heterocycles. The van der Waals surface area contributed by atoms with Crippen LogP contribution in [0.4, 0.5) is 26.3 Å². The molecule has 1 unspecified atom stereocenters. The summed E-state index contributed by atoms with van der Waals surface area (Å²) in [6.07, 6.45) is 7.31. The molecular weight excluding hydrogens is 454 g/mol. The molecule has 1 nitrogen and oxygen atoms in total. The summed E-state index contributed by atoms with van der Waals surface area (Å²) >= 11 is 0. The van der Waals surface area contributed by atoms with Gasteiger partial charge in [0.1, 0.15) is 17.7 Å². The van der Waals surface area contributed by atoms with Gasteiger partial charge in [-0.3, -0.25) is 0 Å². The van der Waals surface area contributed by atoms with Crippen LogP contribution in [-0.4, -0.2) is 18.6 Å². The van der Waals surface area contributed by atoms with E-state index in [4.69, 9.17) is 4.74 Å². The first-order valence-corrected chi connectivity index (χ1v) is 12.4. The molecule has 0 radical (unpaired) electrons. The highest BCUT2D eigenvalue weighted by Gasteiger charge is 2.67. The van der Waals surface area contributed by atoms with Gasteiger partial charge >= 0.3 is 11.8 Å². The largest absolute Gasteiger partial charge is 0.371 e. The Balaban J connectivity index is 1.62. The van der Waals surface area contributed by atoms with Crippen LogP contribution >= 0.6 is 0 Å². The van der Waals surface area contributed by atoms with E-state index in [2.05, 4.69) is 6.92 Å². The standard InChI is InChI=1S/C27H32F6O/c1-3-5-16-6-8-17(9-7-16)10-11-18-12-13-19-20-14-15-21(34-4-2)25(29)23(20)27(32,33)26(30,31)22(19)24(18)28/h12-14,16-17,21H,3-11,15H2,1-2H3. The lowest BCUT2D eigenvalue weighted by molar-refractivity contribution is -0.196. The van der Waals surface area contributed by atoms with Crippen molar-refractivity contribution in [1.82, 2.24) is 0 Å². The van der Waals surface area contributed by atoms with Gasteiger partial charge in [-0.25, -0.2) is 8.78 Å². The van der Waals surface area contributed by atoms with Gasteiger partial charge in [0.25, 0.3) is 0 Å². The van der Waals surface area contributed by atoms with Crippen molar-refractivity contribution in [2.75, 3.05) is 6.61 Å². The van der Waals surface area contributed by atoms with Crippen LogP contribution in [0.3, 0.4) is 0 Å². The predicted molar refractivity (Wildman–Crippen MR) is 120 cm³/mol. The number of ether oxygens (including phenoxy) is 1. The van der Waals surface area contributed by atoms with Gasteiger partial charge in [0, 0.05) is 6.61 Å². The molecule has 0 amide bonds. The molecule has 0 spiro atoms. The van der Waals surface area contributed by atoms with Crippen LogP contribution in [0.5, 0.6) is 0 Å². The summed E-state index contributed by atoms with van der Waals surface area (Å²) in [6.45, 7) is 3.78. The van der Waals surface area contributed by atoms with E-state index in [0.717, 1.165) is 38.0 Å². The van der Waals surface area contributed by atoms with Crippen LogP contribution in [0.25, 0.3) is 5.57 Å². The first-order valence-electron chi connectivity index (χ1n) is 12.4. The topological polar surface area (TPSA) is 9.23 Å². The highest BCUT2D eigenvalue weighted by molar-refractivity contribution is 5.87. The smallest absolute Gasteiger partial charge is 0.343 e. The van der Waals surface area contributed by atoms with E-state index >= 15 is 22.0 Å². The molecule has 0 heterocycles. The maximum atomic E-state index is 15.4. The second kappa shape index (κ2) is 9.71. The highest BCUT2D eigenvalue weighted by atomic mass is 19.3. The monoisotopic (exact) mass is 486 g/mol. The summed E-state index contributed by atoms with van der Waals surface area (Å²) < 4.78 is 95.7. The van der Waals surface area contributed by atoms with Crippen molar-refractivity contribution in [2.45, 2.75) is 89.6 Å². The van der Waals surface area contributed by atoms with Gasteiger partial charge in [0.2, 0.25) is 0 Å². The van der Waals surface area contributed by atoms with Crippen LogP contribution < -0.4 is 0 Å². The first kappa shape index (κ1) is 25.3. The Morgan fingerprint density at radius 3 is 2.18 bits per heavy atom. The van der Waals surface area contributed by atoms with Crippen LogP contribution in [0.1, 0.15) is 81.9 Å². The Hall–Kier alpha value is -1.76. The second-order valence-electron chi connectivity index (χ2n) is 9.84. The van der Waals surface area contributed by atoms with Gasteiger partial charge in [0.05, 0.1) is 11.1 Å². The van der Waals surface area contributed by atoms with Crippen molar-refractivity contribution in [3.05, 3.63) is 52.1 Å². The minimum Gasteiger partial charge on any atom is -0.371 e. The molecular formula is C27H32F6O. The zero-order chi connectivity index (χ0) is 24.7. The number of hydrogen-bond acceptors (Lipinski definition) is 1. The molecule has 1 aromatic carbocycles. The van der Waals surface area contributed by atoms with E-state index < -0.39 is 40.7 Å². The fourth-order valence-corrected chi connectivity index (χ4v) is 5.86. The van der Waals surface area contributed by atoms with E-state index in [1.54, 1.807) is 6.92 Å². The summed E-state index contributed by atoms with van der Waals surface area (Å²) in [6, 6.07) is 2.64. The average Bonchev–Trinajstić information content (AvgIpc) is 2.79. The van der Waals surface area contributed by atoms with Crippen molar-refractivity contribution in [3.63, 3.8) is 0 Å². The molecule has 0 saturated heterocycles. The summed E-state index contributed by atoms with van der Waals surface area (Å²) in [5.41, 5.74) is -3.41. The number of aryl methyl sites for hydroxylation is 1. The molecule has 1 aromatic rings. The molecule has 0 aliphatic heterocycles. The van der Waals surface area contributed by atoms with Crippen LogP contribution in [0.15, 0.2) is 29.6 Å². The molecule has 1 atom stereocenters. The lowest BCUT2D eigenvalue weighted by Crippen LogP contribution is -2.46. The van der Waals surface area contributed by atoms with Crippen molar-refractivity contribution < 1.29 is 31.1 Å². The maximum absolute atomic E-state index is 15.4. The molecule has 0 bridgehead atoms. The average molecular weight is 487 g/mol. The van der Waals surface area contributed by atoms with Crippen LogP contribution in [-0.2, 0) is 17.1 Å². The fourth-order valence-electron chi connectivity index (χ4n) is 5.86. The van der Waals surface area contributed by atoms with E-state index in [9.17, 15) is 4.39 Å². The van der Waals surface area contributed by atoms with E-state index in [-0.39, 0.29) is 36.1 Å². The molecule has 3 aliphatic carbocycles. The summed E-state index contributed by atoms with van der Waals surface area (Å²) in [4.78, 5) is 0. The van der Waals surface area contributed by atoms with Gasteiger partial charge in [-0.2, -0.15) is 17.6 Å². The first-order chi connectivity index (χ1) is 16.1. The Kier molecular flexibility index (Phi) is 7.24. The SMILES string of the molecule is CCCC1CCC(CCc2ccc3c(c2F)C(F)(F)C(F)(F)C2=C(F)C(OCC)CC=C23)CC1. The maximum Gasteiger partial charge on any atom is 0.343 e. The molecule has 188 valence electrons. The number of rotatable bonds is 7. The van der Waals surface area contributed by atoms with Gasteiger partial charge < -0.3 is 4.74 Å². The number of benzene rings is 1. The third-order valence-electron chi connectivity index (χ3n) is 7.71. The number of alkyl halides is 4. The van der Waals surface area contributed by atoms with Gasteiger partial charge in [-0.05, 0) is 54.7 Å². The van der Waals surface area contributed by atoms with E-state index in [1.807, 2.05) is 0 Å². The van der Waals surface area contributed by atoms with Gasteiger partial charge in [0.15, 0.2) is 0 Å². The number of fused-ring (bicyclic) bond motifs is 3. The summed E-state index contributed by atoms with van der Waals surface area (Å²) in [7, 11) is 0. The van der Waals surface area contributed by atoms with E-state index in [0.29, 0.717) is 12.3 Å². The highest BCUT2D eigenvalue weighted by Crippen LogP contribution is 2.60. The molecule has 34 heavy (non-hydrogen) atoms.